The molecular weight excluding hydrogens is 344 g/mol. The molecule has 2 amide bonds. The van der Waals surface area contributed by atoms with Crippen molar-refractivity contribution in [1.82, 2.24) is 5.32 Å². The SMILES string of the molecule is NC(=O)c1cccc(CNC(=O)c2cc(Cl)c3c(c2)OCCCO3)c1. The molecule has 1 heterocycles. The molecule has 25 heavy (non-hydrogen) atoms. The molecule has 0 atom stereocenters. The number of carbonyl (C=O) groups is 2. The third-order valence-corrected chi connectivity index (χ3v) is 4.01. The number of rotatable bonds is 4. The molecule has 130 valence electrons. The highest BCUT2D eigenvalue weighted by molar-refractivity contribution is 6.32. The summed E-state index contributed by atoms with van der Waals surface area (Å²) in [5, 5.41) is 3.12. The van der Waals surface area contributed by atoms with Crippen LogP contribution in [0.5, 0.6) is 11.5 Å². The van der Waals surface area contributed by atoms with Crippen LogP contribution in [0.1, 0.15) is 32.7 Å². The van der Waals surface area contributed by atoms with Crippen LogP contribution < -0.4 is 20.5 Å². The molecule has 0 aliphatic carbocycles. The van der Waals surface area contributed by atoms with Crippen LogP contribution in [0.2, 0.25) is 5.02 Å². The Labute approximate surface area is 149 Å². The summed E-state index contributed by atoms with van der Waals surface area (Å²) in [4.78, 5) is 23.6. The molecule has 1 aliphatic rings. The second-order valence-corrected chi connectivity index (χ2v) is 5.99. The van der Waals surface area contributed by atoms with Gasteiger partial charge >= 0.3 is 0 Å². The number of nitrogens with two attached hydrogens (primary N) is 1. The van der Waals surface area contributed by atoms with Crippen molar-refractivity contribution < 1.29 is 19.1 Å². The highest BCUT2D eigenvalue weighted by Gasteiger charge is 2.18. The number of nitrogens with one attached hydrogen (secondary N) is 1. The van der Waals surface area contributed by atoms with E-state index in [1.165, 1.54) is 0 Å². The predicted octanol–water partition coefficient (Wildman–Crippen LogP) is 2.53. The fourth-order valence-corrected chi connectivity index (χ4v) is 2.75. The average Bonchev–Trinajstić information content (AvgIpc) is 2.85. The summed E-state index contributed by atoms with van der Waals surface area (Å²) in [5.74, 6) is 0.112. The van der Waals surface area contributed by atoms with Gasteiger partial charge in [0.25, 0.3) is 5.91 Å². The Morgan fingerprint density at radius 2 is 1.92 bits per heavy atom. The second-order valence-electron chi connectivity index (χ2n) is 5.58. The van der Waals surface area contributed by atoms with E-state index in [1.54, 1.807) is 36.4 Å². The van der Waals surface area contributed by atoms with Gasteiger partial charge < -0.3 is 20.5 Å². The van der Waals surface area contributed by atoms with E-state index < -0.39 is 5.91 Å². The van der Waals surface area contributed by atoms with E-state index in [2.05, 4.69) is 5.32 Å². The molecule has 0 bridgehead atoms. The topological polar surface area (TPSA) is 90.7 Å². The van der Waals surface area contributed by atoms with Crippen LogP contribution in [-0.4, -0.2) is 25.0 Å². The minimum absolute atomic E-state index is 0.256. The number of hydrogen-bond acceptors (Lipinski definition) is 4. The molecule has 7 heteroatoms. The van der Waals surface area contributed by atoms with E-state index in [0.29, 0.717) is 40.9 Å². The fraction of sp³-hybridized carbons (Fsp3) is 0.222. The Hall–Kier alpha value is -2.73. The summed E-state index contributed by atoms with van der Waals surface area (Å²) in [5.41, 5.74) is 6.79. The molecule has 6 nitrogen and oxygen atoms in total. The molecule has 3 rings (SSSR count). The number of hydrogen-bond donors (Lipinski definition) is 2. The standard InChI is InChI=1S/C18H17ClN2O4/c19-14-8-13(9-15-16(14)25-6-2-5-24-15)18(23)21-10-11-3-1-4-12(7-11)17(20)22/h1,3-4,7-9H,2,5-6,10H2,(H2,20,22)(H,21,23). The van der Waals surface area contributed by atoms with Crippen LogP contribution in [0.4, 0.5) is 0 Å². The quantitative estimate of drug-likeness (QED) is 0.876. The number of fused-ring (bicyclic) bond motifs is 1. The third-order valence-electron chi connectivity index (χ3n) is 3.73. The summed E-state index contributed by atoms with van der Waals surface area (Å²) >= 11 is 6.20. The van der Waals surface area contributed by atoms with Crippen molar-refractivity contribution >= 4 is 23.4 Å². The van der Waals surface area contributed by atoms with E-state index in [0.717, 1.165) is 12.0 Å². The van der Waals surface area contributed by atoms with Crippen LogP contribution in [0, 0.1) is 0 Å². The van der Waals surface area contributed by atoms with Crippen molar-refractivity contribution in [2.24, 2.45) is 5.73 Å². The van der Waals surface area contributed by atoms with Crippen LogP contribution in [0.25, 0.3) is 0 Å². The zero-order valence-electron chi connectivity index (χ0n) is 13.4. The molecule has 0 unspecified atom stereocenters. The van der Waals surface area contributed by atoms with Gasteiger partial charge in [-0.25, -0.2) is 0 Å². The molecule has 0 aromatic heterocycles. The third kappa shape index (κ3) is 4.03. The number of ether oxygens (including phenoxy) is 2. The van der Waals surface area contributed by atoms with E-state index in [-0.39, 0.29) is 12.5 Å². The first-order valence-electron chi connectivity index (χ1n) is 7.80. The van der Waals surface area contributed by atoms with Crippen LogP contribution in [0.3, 0.4) is 0 Å². The maximum atomic E-state index is 12.4. The first kappa shape index (κ1) is 17.1. The highest BCUT2D eigenvalue weighted by atomic mass is 35.5. The Morgan fingerprint density at radius 3 is 2.72 bits per heavy atom. The van der Waals surface area contributed by atoms with Crippen molar-refractivity contribution in [3.63, 3.8) is 0 Å². The maximum absolute atomic E-state index is 12.4. The number of carbonyl (C=O) groups excluding carboxylic acids is 2. The van der Waals surface area contributed by atoms with Gasteiger partial charge in [-0.1, -0.05) is 23.7 Å². The Kier molecular flexibility index (Phi) is 5.09. The Bertz CT molecular complexity index is 823. The molecular formula is C18H17ClN2O4. The van der Waals surface area contributed by atoms with Crippen molar-refractivity contribution in [2.45, 2.75) is 13.0 Å². The first-order chi connectivity index (χ1) is 12.0. The summed E-state index contributed by atoms with van der Waals surface area (Å²) in [6.07, 6.45) is 0.753. The molecule has 2 aromatic rings. The van der Waals surface area contributed by atoms with Crippen molar-refractivity contribution in [3.05, 3.63) is 58.1 Å². The van der Waals surface area contributed by atoms with Gasteiger partial charge in [-0.2, -0.15) is 0 Å². The molecule has 0 radical (unpaired) electrons. The monoisotopic (exact) mass is 360 g/mol. The summed E-state index contributed by atoms with van der Waals surface area (Å²) in [6, 6.07) is 9.94. The minimum atomic E-state index is -0.511. The highest BCUT2D eigenvalue weighted by Crippen LogP contribution is 2.37. The van der Waals surface area contributed by atoms with Crippen LogP contribution in [0.15, 0.2) is 36.4 Å². The van der Waals surface area contributed by atoms with Gasteiger partial charge in [0.1, 0.15) is 0 Å². The summed E-state index contributed by atoms with van der Waals surface area (Å²) in [7, 11) is 0. The summed E-state index contributed by atoms with van der Waals surface area (Å²) < 4.78 is 11.1. The smallest absolute Gasteiger partial charge is 0.251 e. The van der Waals surface area contributed by atoms with Crippen molar-refractivity contribution in [2.75, 3.05) is 13.2 Å². The van der Waals surface area contributed by atoms with Gasteiger partial charge in [-0.3, -0.25) is 9.59 Å². The first-order valence-corrected chi connectivity index (χ1v) is 8.18. The molecule has 3 N–H and O–H groups in total. The molecule has 0 saturated heterocycles. The minimum Gasteiger partial charge on any atom is -0.489 e. The van der Waals surface area contributed by atoms with Crippen LogP contribution >= 0.6 is 11.6 Å². The number of benzene rings is 2. The normalized spacial score (nSPS) is 13.0. The van der Waals surface area contributed by atoms with Gasteiger partial charge in [-0.05, 0) is 29.8 Å². The zero-order valence-corrected chi connectivity index (χ0v) is 14.1. The average molecular weight is 361 g/mol. The lowest BCUT2D eigenvalue weighted by Gasteiger charge is -2.12. The molecule has 0 saturated carbocycles. The van der Waals surface area contributed by atoms with Crippen LogP contribution in [-0.2, 0) is 6.54 Å². The van der Waals surface area contributed by atoms with Gasteiger partial charge in [-0.15, -0.1) is 0 Å². The predicted molar refractivity (Wildman–Crippen MR) is 93.2 cm³/mol. The molecule has 0 fully saturated rings. The van der Waals surface area contributed by atoms with Gasteiger partial charge in [0.15, 0.2) is 11.5 Å². The lowest BCUT2D eigenvalue weighted by Crippen LogP contribution is -2.23. The van der Waals surface area contributed by atoms with Crippen molar-refractivity contribution in [3.8, 4) is 11.5 Å². The fourth-order valence-electron chi connectivity index (χ4n) is 2.48. The lowest BCUT2D eigenvalue weighted by molar-refractivity contribution is 0.0949. The van der Waals surface area contributed by atoms with E-state index in [1.807, 2.05) is 0 Å². The second kappa shape index (κ2) is 7.44. The largest absolute Gasteiger partial charge is 0.489 e. The maximum Gasteiger partial charge on any atom is 0.251 e. The van der Waals surface area contributed by atoms with E-state index in [9.17, 15) is 9.59 Å². The Morgan fingerprint density at radius 1 is 1.12 bits per heavy atom. The number of amides is 2. The van der Waals surface area contributed by atoms with E-state index in [4.69, 9.17) is 26.8 Å². The zero-order chi connectivity index (χ0) is 17.8. The Balaban J connectivity index is 1.73. The number of primary amides is 1. The molecule has 2 aromatic carbocycles. The van der Waals surface area contributed by atoms with Gasteiger partial charge in [0.2, 0.25) is 5.91 Å². The van der Waals surface area contributed by atoms with E-state index >= 15 is 0 Å². The van der Waals surface area contributed by atoms with Gasteiger partial charge in [0, 0.05) is 24.1 Å². The molecule has 0 spiro atoms. The summed E-state index contributed by atoms with van der Waals surface area (Å²) in [6.45, 7) is 1.29. The lowest BCUT2D eigenvalue weighted by atomic mass is 10.1. The number of halogens is 1. The molecule has 1 aliphatic heterocycles. The van der Waals surface area contributed by atoms with Crippen molar-refractivity contribution in [1.29, 1.82) is 0 Å². The van der Waals surface area contributed by atoms with Gasteiger partial charge in [0.05, 0.1) is 18.2 Å².